The van der Waals surface area contributed by atoms with Crippen molar-refractivity contribution >= 4 is 23.6 Å². The highest BCUT2D eigenvalue weighted by Crippen LogP contribution is 2.19. The van der Waals surface area contributed by atoms with Crippen LogP contribution in [0.15, 0.2) is 22.7 Å². The first-order valence-electron chi connectivity index (χ1n) is 4.27. The Hall–Kier alpha value is -0.960. The lowest BCUT2D eigenvalue weighted by molar-refractivity contribution is 0.447. The zero-order valence-electron chi connectivity index (χ0n) is 7.45. The molecule has 0 bridgehead atoms. The molecule has 0 unspecified atom stereocenters. The van der Waals surface area contributed by atoms with Gasteiger partial charge < -0.3 is 4.52 Å². The van der Waals surface area contributed by atoms with E-state index in [1.807, 2.05) is 13.0 Å². The van der Waals surface area contributed by atoms with Crippen molar-refractivity contribution in [1.82, 2.24) is 5.16 Å². The van der Waals surface area contributed by atoms with E-state index in [1.165, 1.54) is 5.56 Å². The van der Waals surface area contributed by atoms with E-state index in [0.717, 1.165) is 28.8 Å². The Kier molecular flexibility index (Phi) is 2.27. The van der Waals surface area contributed by atoms with Gasteiger partial charge in [0.25, 0.3) is 0 Å². The minimum absolute atomic E-state index is 0.801. The second-order valence-electron chi connectivity index (χ2n) is 3.10. The molecule has 0 aliphatic carbocycles. The fourth-order valence-corrected chi connectivity index (χ4v) is 1.59. The molecule has 2 aromatic rings. The predicted molar refractivity (Wildman–Crippen MR) is 56.3 cm³/mol. The molecule has 0 aliphatic rings. The SMILES string of the molecule is Cc1ccc2c(CCS)noc2c1. The van der Waals surface area contributed by atoms with Gasteiger partial charge in [0.1, 0.15) is 0 Å². The van der Waals surface area contributed by atoms with Crippen LogP contribution in [0.25, 0.3) is 11.0 Å². The molecule has 0 fully saturated rings. The lowest BCUT2D eigenvalue weighted by atomic mass is 10.1. The van der Waals surface area contributed by atoms with Crippen LogP contribution in [0.3, 0.4) is 0 Å². The van der Waals surface area contributed by atoms with Gasteiger partial charge in [-0.25, -0.2) is 0 Å². The van der Waals surface area contributed by atoms with E-state index in [1.54, 1.807) is 0 Å². The van der Waals surface area contributed by atoms with Crippen LogP contribution >= 0.6 is 12.6 Å². The normalized spacial score (nSPS) is 10.9. The summed E-state index contributed by atoms with van der Waals surface area (Å²) < 4.78 is 5.20. The molecule has 0 saturated carbocycles. The number of aromatic nitrogens is 1. The third-order valence-electron chi connectivity index (χ3n) is 2.05. The number of aryl methyl sites for hydroxylation is 2. The van der Waals surface area contributed by atoms with Gasteiger partial charge in [0.15, 0.2) is 5.58 Å². The van der Waals surface area contributed by atoms with Crippen LogP contribution in [0.1, 0.15) is 11.3 Å². The van der Waals surface area contributed by atoms with Gasteiger partial charge >= 0.3 is 0 Å². The zero-order valence-corrected chi connectivity index (χ0v) is 8.34. The Bertz CT molecular complexity index is 422. The molecule has 68 valence electrons. The van der Waals surface area contributed by atoms with E-state index in [9.17, 15) is 0 Å². The number of fused-ring (bicyclic) bond motifs is 1. The summed E-state index contributed by atoms with van der Waals surface area (Å²) in [5, 5.41) is 5.11. The van der Waals surface area contributed by atoms with Gasteiger partial charge in [0.2, 0.25) is 0 Å². The molecule has 0 aliphatic heterocycles. The first kappa shape index (κ1) is 8.63. The predicted octanol–water partition coefficient (Wildman–Crippen LogP) is 2.61. The van der Waals surface area contributed by atoms with Crippen molar-refractivity contribution in [2.75, 3.05) is 5.75 Å². The average Bonchev–Trinajstić information content (AvgIpc) is 2.49. The van der Waals surface area contributed by atoms with Crippen LogP contribution in [0, 0.1) is 6.92 Å². The quantitative estimate of drug-likeness (QED) is 0.742. The molecule has 3 heteroatoms. The highest BCUT2D eigenvalue weighted by molar-refractivity contribution is 7.80. The van der Waals surface area contributed by atoms with E-state index < -0.39 is 0 Å². The van der Waals surface area contributed by atoms with E-state index >= 15 is 0 Å². The smallest absolute Gasteiger partial charge is 0.167 e. The highest BCUT2D eigenvalue weighted by Gasteiger charge is 2.06. The van der Waals surface area contributed by atoms with Crippen LogP contribution in [-0.4, -0.2) is 10.9 Å². The first-order chi connectivity index (χ1) is 6.31. The van der Waals surface area contributed by atoms with Crippen molar-refractivity contribution in [3.63, 3.8) is 0 Å². The molecule has 0 amide bonds. The first-order valence-corrected chi connectivity index (χ1v) is 4.90. The van der Waals surface area contributed by atoms with Gasteiger partial charge in [-0.3, -0.25) is 0 Å². The zero-order chi connectivity index (χ0) is 9.26. The third-order valence-corrected chi connectivity index (χ3v) is 2.27. The summed E-state index contributed by atoms with van der Waals surface area (Å²) in [6.45, 7) is 2.04. The van der Waals surface area contributed by atoms with Gasteiger partial charge in [0.05, 0.1) is 5.69 Å². The summed E-state index contributed by atoms with van der Waals surface area (Å²) in [4.78, 5) is 0. The Morgan fingerprint density at radius 2 is 2.31 bits per heavy atom. The van der Waals surface area contributed by atoms with Crippen LogP contribution in [0.4, 0.5) is 0 Å². The van der Waals surface area contributed by atoms with E-state index in [0.29, 0.717) is 0 Å². The molecule has 0 radical (unpaired) electrons. The summed E-state index contributed by atoms with van der Waals surface area (Å²) in [5.74, 6) is 0.801. The van der Waals surface area contributed by atoms with Gasteiger partial charge in [0, 0.05) is 11.8 Å². The Morgan fingerprint density at radius 3 is 3.08 bits per heavy atom. The van der Waals surface area contributed by atoms with Crippen LogP contribution in [-0.2, 0) is 6.42 Å². The van der Waals surface area contributed by atoms with Crippen LogP contribution in [0.2, 0.25) is 0 Å². The summed E-state index contributed by atoms with van der Waals surface area (Å²) >= 11 is 4.17. The Morgan fingerprint density at radius 1 is 1.46 bits per heavy atom. The van der Waals surface area contributed by atoms with E-state index in [-0.39, 0.29) is 0 Å². The number of nitrogens with zero attached hydrogens (tertiary/aromatic N) is 1. The lowest BCUT2D eigenvalue weighted by Crippen LogP contribution is -1.85. The minimum Gasteiger partial charge on any atom is -0.356 e. The van der Waals surface area contributed by atoms with Crippen molar-refractivity contribution in [3.8, 4) is 0 Å². The largest absolute Gasteiger partial charge is 0.356 e. The molecule has 2 rings (SSSR count). The Labute approximate surface area is 82.3 Å². The second kappa shape index (κ2) is 3.42. The number of rotatable bonds is 2. The molecular weight excluding hydrogens is 182 g/mol. The molecule has 0 saturated heterocycles. The number of benzene rings is 1. The van der Waals surface area contributed by atoms with Gasteiger partial charge in [-0.1, -0.05) is 11.2 Å². The topological polar surface area (TPSA) is 26.0 Å². The summed E-state index contributed by atoms with van der Waals surface area (Å²) in [5.41, 5.74) is 3.07. The van der Waals surface area contributed by atoms with Gasteiger partial charge in [-0.05, 0) is 30.4 Å². The average molecular weight is 193 g/mol. The third kappa shape index (κ3) is 1.56. The molecule has 13 heavy (non-hydrogen) atoms. The van der Waals surface area contributed by atoms with Crippen molar-refractivity contribution in [2.45, 2.75) is 13.3 Å². The molecule has 0 atom stereocenters. The molecule has 1 aromatic carbocycles. The van der Waals surface area contributed by atoms with E-state index in [2.05, 4.69) is 29.9 Å². The number of hydrogen-bond acceptors (Lipinski definition) is 3. The fraction of sp³-hybridized carbons (Fsp3) is 0.300. The molecule has 2 nitrogen and oxygen atoms in total. The van der Waals surface area contributed by atoms with E-state index in [4.69, 9.17) is 4.52 Å². The van der Waals surface area contributed by atoms with Crippen molar-refractivity contribution in [3.05, 3.63) is 29.5 Å². The standard InChI is InChI=1S/C10H11NOS/c1-7-2-3-8-9(4-5-13)11-12-10(8)6-7/h2-3,6,13H,4-5H2,1H3. The molecule has 1 aromatic heterocycles. The minimum atomic E-state index is 0.801. The van der Waals surface area contributed by atoms with Crippen molar-refractivity contribution in [1.29, 1.82) is 0 Å². The van der Waals surface area contributed by atoms with Crippen LogP contribution in [0.5, 0.6) is 0 Å². The monoisotopic (exact) mass is 193 g/mol. The van der Waals surface area contributed by atoms with Crippen LogP contribution < -0.4 is 0 Å². The summed E-state index contributed by atoms with van der Waals surface area (Å²) in [7, 11) is 0. The fourth-order valence-electron chi connectivity index (χ4n) is 1.38. The van der Waals surface area contributed by atoms with Crippen molar-refractivity contribution < 1.29 is 4.52 Å². The maximum Gasteiger partial charge on any atom is 0.167 e. The molecule has 1 heterocycles. The maximum absolute atomic E-state index is 5.20. The Balaban J connectivity index is 2.55. The number of hydrogen-bond donors (Lipinski definition) is 1. The van der Waals surface area contributed by atoms with Gasteiger partial charge in [-0.15, -0.1) is 0 Å². The van der Waals surface area contributed by atoms with Crippen molar-refractivity contribution in [2.24, 2.45) is 0 Å². The molecular formula is C10H11NOS. The number of thiol groups is 1. The lowest BCUT2D eigenvalue weighted by Gasteiger charge is -1.92. The molecule has 0 spiro atoms. The summed E-state index contributed by atoms with van der Waals surface area (Å²) in [6, 6.07) is 6.13. The molecule has 0 N–H and O–H groups in total. The second-order valence-corrected chi connectivity index (χ2v) is 3.55. The van der Waals surface area contributed by atoms with Gasteiger partial charge in [-0.2, -0.15) is 12.6 Å². The maximum atomic E-state index is 5.20. The highest BCUT2D eigenvalue weighted by atomic mass is 32.1. The summed E-state index contributed by atoms with van der Waals surface area (Å²) in [6.07, 6.45) is 0.860.